The third kappa shape index (κ3) is 7.09. The quantitative estimate of drug-likeness (QED) is 0.347. The molecule has 1 N–H and O–H groups in total. The van der Waals surface area contributed by atoms with E-state index in [1.54, 1.807) is 7.11 Å². The van der Waals surface area contributed by atoms with Gasteiger partial charge in [0, 0.05) is 24.4 Å². The number of carbonyl (C=O) groups is 1. The van der Waals surface area contributed by atoms with Crippen molar-refractivity contribution in [2.75, 3.05) is 26.8 Å². The monoisotopic (exact) mass is 563 g/mol. The van der Waals surface area contributed by atoms with E-state index in [1.165, 1.54) is 44.9 Å². The van der Waals surface area contributed by atoms with Crippen LogP contribution in [0, 0.1) is 17.3 Å². The molecule has 0 unspecified atom stereocenters. The second-order valence-corrected chi connectivity index (χ2v) is 13.0. The van der Waals surface area contributed by atoms with Crippen molar-refractivity contribution < 1.29 is 24.1 Å². The first kappa shape index (κ1) is 29.9. The lowest BCUT2D eigenvalue weighted by Crippen LogP contribution is -2.38. The van der Waals surface area contributed by atoms with Crippen LogP contribution in [0.1, 0.15) is 88.7 Å². The number of benzene rings is 2. The van der Waals surface area contributed by atoms with Crippen molar-refractivity contribution in [3.63, 3.8) is 0 Å². The van der Waals surface area contributed by atoms with Crippen LogP contribution in [0.2, 0.25) is 0 Å². The van der Waals surface area contributed by atoms with E-state index in [-0.39, 0.29) is 24.5 Å². The molecule has 0 aromatic heterocycles. The first-order chi connectivity index (χ1) is 19.9. The Morgan fingerprint density at radius 2 is 1.68 bits per heavy atom. The van der Waals surface area contributed by atoms with Crippen LogP contribution in [0.5, 0.6) is 11.5 Å². The number of nitrogens with zero attached hydrogens (tertiary/aromatic N) is 1. The number of carbonyl (C=O) groups excluding carboxylic acids is 1. The van der Waals surface area contributed by atoms with Gasteiger partial charge in [0.15, 0.2) is 11.5 Å². The molecule has 2 aromatic carbocycles. The van der Waals surface area contributed by atoms with Gasteiger partial charge >= 0.3 is 0 Å². The third-order valence-corrected chi connectivity index (χ3v) is 10.3. The van der Waals surface area contributed by atoms with Gasteiger partial charge in [-0.25, -0.2) is 0 Å². The molecule has 0 bridgehead atoms. The minimum Gasteiger partial charge on any atom is -0.493 e. The number of aliphatic hydroxyl groups is 1. The van der Waals surface area contributed by atoms with Gasteiger partial charge in [-0.2, -0.15) is 0 Å². The number of hydrogen-bond acceptors (Lipinski definition) is 5. The maximum atomic E-state index is 13.2. The maximum absolute atomic E-state index is 13.2. The molecule has 2 aliphatic carbocycles. The van der Waals surface area contributed by atoms with Crippen LogP contribution in [0.15, 0.2) is 48.5 Å². The van der Waals surface area contributed by atoms with E-state index in [0.717, 1.165) is 47.3 Å². The number of likely N-dealkylation sites (tertiary alicyclic amines) is 1. The van der Waals surface area contributed by atoms with Crippen LogP contribution in [0.25, 0.3) is 0 Å². The van der Waals surface area contributed by atoms with E-state index in [4.69, 9.17) is 14.2 Å². The molecular formula is C35H49NO5. The van der Waals surface area contributed by atoms with Crippen molar-refractivity contribution in [1.29, 1.82) is 0 Å². The molecule has 0 radical (unpaired) electrons. The van der Waals surface area contributed by atoms with Gasteiger partial charge in [0.05, 0.1) is 25.9 Å². The summed E-state index contributed by atoms with van der Waals surface area (Å²) in [4.78, 5) is 15.0. The summed E-state index contributed by atoms with van der Waals surface area (Å²) in [7, 11) is 1.69. The molecule has 2 aromatic rings. The molecule has 1 aliphatic heterocycles. The van der Waals surface area contributed by atoms with Crippen LogP contribution in [0.4, 0.5) is 0 Å². The molecule has 224 valence electrons. The Kier molecular flexibility index (Phi) is 9.92. The van der Waals surface area contributed by atoms with E-state index in [0.29, 0.717) is 19.7 Å². The van der Waals surface area contributed by atoms with E-state index in [1.807, 2.05) is 48.2 Å². The number of hydrogen-bond donors (Lipinski definition) is 1. The SMILES string of the molecule is COc1ccc([C@@H]2CN(C(=O)COCc3ccccc3)C[C@@]2(C)[C@@H](C)O)cc1OC1CCC(C2CCCCC2)CC1. The highest BCUT2D eigenvalue weighted by molar-refractivity contribution is 5.78. The van der Waals surface area contributed by atoms with Crippen molar-refractivity contribution in [3.8, 4) is 11.5 Å². The Labute approximate surface area is 246 Å². The van der Waals surface area contributed by atoms with Crippen molar-refractivity contribution in [2.24, 2.45) is 17.3 Å². The second-order valence-electron chi connectivity index (χ2n) is 13.0. The van der Waals surface area contributed by atoms with Gasteiger partial charge < -0.3 is 24.2 Å². The smallest absolute Gasteiger partial charge is 0.248 e. The predicted molar refractivity (Wildman–Crippen MR) is 161 cm³/mol. The maximum Gasteiger partial charge on any atom is 0.248 e. The number of amides is 1. The van der Waals surface area contributed by atoms with Gasteiger partial charge in [-0.3, -0.25) is 4.79 Å². The van der Waals surface area contributed by atoms with Crippen LogP contribution >= 0.6 is 0 Å². The highest BCUT2D eigenvalue weighted by atomic mass is 16.5. The molecule has 6 heteroatoms. The van der Waals surface area contributed by atoms with Crippen molar-refractivity contribution >= 4 is 5.91 Å². The highest BCUT2D eigenvalue weighted by Crippen LogP contribution is 2.47. The van der Waals surface area contributed by atoms with Crippen LogP contribution in [-0.4, -0.2) is 54.9 Å². The first-order valence-corrected chi connectivity index (χ1v) is 15.8. The predicted octanol–water partition coefficient (Wildman–Crippen LogP) is 6.74. The van der Waals surface area contributed by atoms with Crippen LogP contribution in [0.3, 0.4) is 0 Å². The van der Waals surface area contributed by atoms with E-state index >= 15 is 0 Å². The zero-order valence-electron chi connectivity index (χ0n) is 25.2. The van der Waals surface area contributed by atoms with Gasteiger partial charge in [-0.1, -0.05) is 75.4 Å². The molecule has 3 fully saturated rings. The fourth-order valence-electron chi connectivity index (χ4n) is 7.50. The standard InChI is InChI=1S/C35H49NO5/c1-25(37)35(2)24-36(34(38)23-40-22-26-10-6-4-7-11-26)21-31(35)29-16-19-32(39-3)33(20-29)41-30-17-14-28(15-18-30)27-12-8-5-9-13-27/h4,6-7,10-11,16,19-20,25,27-28,30-31,37H,5,8-9,12-15,17-18,21-24H2,1-3H3/t25-,28?,30?,31+,35+/m1/s1. The minimum atomic E-state index is -0.586. The molecule has 2 saturated carbocycles. The fourth-order valence-corrected chi connectivity index (χ4v) is 7.50. The second kappa shape index (κ2) is 13.6. The number of aliphatic hydroxyl groups excluding tert-OH is 1. The summed E-state index contributed by atoms with van der Waals surface area (Å²) in [6.45, 7) is 5.36. The average Bonchev–Trinajstić information content (AvgIpc) is 3.37. The molecule has 0 spiro atoms. The lowest BCUT2D eigenvalue weighted by molar-refractivity contribution is -0.136. The Balaban J connectivity index is 1.24. The summed E-state index contributed by atoms with van der Waals surface area (Å²) >= 11 is 0. The van der Waals surface area contributed by atoms with Gasteiger partial charge in [-0.05, 0) is 67.7 Å². The molecule has 3 atom stereocenters. The molecule has 5 rings (SSSR count). The van der Waals surface area contributed by atoms with Crippen LogP contribution < -0.4 is 9.47 Å². The third-order valence-electron chi connectivity index (χ3n) is 10.3. The normalized spacial score (nSPS) is 27.9. The highest BCUT2D eigenvalue weighted by Gasteiger charge is 2.48. The summed E-state index contributed by atoms with van der Waals surface area (Å²) in [6.07, 6.45) is 11.3. The van der Waals surface area contributed by atoms with Gasteiger partial charge in [0.25, 0.3) is 0 Å². The zero-order valence-corrected chi connectivity index (χ0v) is 25.2. The molecule has 1 saturated heterocycles. The Morgan fingerprint density at radius 1 is 0.976 bits per heavy atom. The molecular weight excluding hydrogens is 514 g/mol. The lowest BCUT2D eigenvalue weighted by Gasteiger charge is -2.36. The summed E-state index contributed by atoms with van der Waals surface area (Å²) < 4.78 is 18.1. The largest absolute Gasteiger partial charge is 0.493 e. The molecule has 41 heavy (non-hydrogen) atoms. The summed E-state index contributed by atoms with van der Waals surface area (Å²) in [5, 5.41) is 10.9. The van der Waals surface area contributed by atoms with E-state index in [2.05, 4.69) is 19.1 Å². The van der Waals surface area contributed by atoms with Gasteiger partial charge in [0.1, 0.15) is 6.61 Å². The number of ether oxygens (including phenoxy) is 3. The Morgan fingerprint density at radius 3 is 2.37 bits per heavy atom. The van der Waals surface area contributed by atoms with Gasteiger partial charge in [0.2, 0.25) is 5.91 Å². The van der Waals surface area contributed by atoms with Crippen molar-refractivity contribution in [2.45, 2.75) is 96.4 Å². The van der Waals surface area contributed by atoms with Crippen molar-refractivity contribution in [1.82, 2.24) is 4.90 Å². The van der Waals surface area contributed by atoms with Crippen LogP contribution in [-0.2, 0) is 16.1 Å². The van der Waals surface area contributed by atoms with E-state index < -0.39 is 11.5 Å². The summed E-state index contributed by atoms with van der Waals surface area (Å²) in [6, 6.07) is 16.0. The molecule has 1 heterocycles. The van der Waals surface area contributed by atoms with Gasteiger partial charge in [-0.15, -0.1) is 0 Å². The lowest BCUT2D eigenvalue weighted by atomic mass is 9.72. The fraction of sp³-hybridized carbons (Fsp3) is 0.629. The molecule has 6 nitrogen and oxygen atoms in total. The molecule has 1 amide bonds. The van der Waals surface area contributed by atoms with E-state index in [9.17, 15) is 9.90 Å². The summed E-state index contributed by atoms with van der Waals surface area (Å²) in [5.74, 6) is 3.20. The molecule has 3 aliphatic rings. The minimum absolute atomic E-state index is 0.0258. The first-order valence-electron chi connectivity index (χ1n) is 15.8. The Hall–Kier alpha value is -2.57. The Bertz CT molecular complexity index is 1120. The summed E-state index contributed by atoms with van der Waals surface area (Å²) in [5.41, 5.74) is 1.63. The number of methoxy groups -OCH3 is 1. The zero-order chi connectivity index (χ0) is 28.8. The number of rotatable bonds is 10. The van der Waals surface area contributed by atoms with Crippen molar-refractivity contribution in [3.05, 3.63) is 59.7 Å². The average molecular weight is 564 g/mol. The topological polar surface area (TPSA) is 68.2 Å².